The van der Waals surface area contributed by atoms with E-state index in [1.165, 1.54) is 11.5 Å². The maximum absolute atomic E-state index is 12.2. The second-order valence-electron chi connectivity index (χ2n) is 6.20. The van der Waals surface area contributed by atoms with E-state index in [2.05, 4.69) is 25.1 Å². The minimum Gasteiger partial charge on any atom is -0.480 e. The summed E-state index contributed by atoms with van der Waals surface area (Å²) in [5.41, 5.74) is 1.69. The molecular weight excluding hydrogens is 382 g/mol. The van der Waals surface area contributed by atoms with Gasteiger partial charge in [0.15, 0.2) is 0 Å². The van der Waals surface area contributed by atoms with Gasteiger partial charge >= 0.3 is 6.01 Å². The van der Waals surface area contributed by atoms with Gasteiger partial charge in [-0.2, -0.15) is 9.36 Å². The number of benzene rings is 1. The molecule has 10 heteroatoms. The van der Waals surface area contributed by atoms with Gasteiger partial charge in [0, 0.05) is 24.9 Å². The summed E-state index contributed by atoms with van der Waals surface area (Å²) in [5, 5.41) is 9.92. The first-order valence-corrected chi connectivity index (χ1v) is 9.58. The van der Waals surface area contributed by atoms with Crippen molar-refractivity contribution in [2.24, 2.45) is 0 Å². The Morgan fingerprint density at radius 1 is 1.39 bits per heavy atom. The van der Waals surface area contributed by atoms with E-state index in [0.717, 1.165) is 29.0 Å². The number of aromatic nitrogens is 3. The predicted molar refractivity (Wildman–Crippen MR) is 103 cm³/mol. The minimum atomic E-state index is -0.357. The van der Waals surface area contributed by atoms with Crippen LogP contribution in [0, 0.1) is 0 Å². The van der Waals surface area contributed by atoms with Crippen molar-refractivity contribution in [3.05, 3.63) is 35.9 Å². The van der Waals surface area contributed by atoms with Crippen LogP contribution in [-0.4, -0.2) is 40.2 Å². The lowest BCUT2D eigenvalue weighted by Crippen LogP contribution is -2.26. The molecule has 1 aliphatic heterocycles. The van der Waals surface area contributed by atoms with Gasteiger partial charge < -0.3 is 24.6 Å². The van der Waals surface area contributed by atoms with E-state index in [-0.39, 0.29) is 12.0 Å². The monoisotopic (exact) mass is 401 g/mol. The number of methoxy groups -OCH3 is 1. The zero-order valence-electron chi connectivity index (χ0n) is 15.2. The van der Waals surface area contributed by atoms with Crippen LogP contribution in [0.3, 0.4) is 0 Å². The summed E-state index contributed by atoms with van der Waals surface area (Å²) >= 11 is 1.23. The third-order valence-electron chi connectivity index (χ3n) is 4.20. The Morgan fingerprint density at radius 3 is 3.11 bits per heavy atom. The summed E-state index contributed by atoms with van der Waals surface area (Å²) in [4.78, 5) is 17.2. The van der Waals surface area contributed by atoms with E-state index in [4.69, 9.17) is 14.0 Å². The number of anilines is 2. The quantitative estimate of drug-likeness (QED) is 0.622. The highest BCUT2D eigenvalue weighted by Gasteiger charge is 2.23. The van der Waals surface area contributed by atoms with E-state index < -0.39 is 0 Å². The molecule has 3 heterocycles. The predicted octanol–water partition coefficient (Wildman–Crippen LogP) is 2.93. The molecule has 146 valence electrons. The van der Waals surface area contributed by atoms with Crippen LogP contribution in [0.1, 0.15) is 18.4 Å². The topological polar surface area (TPSA) is 111 Å². The maximum atomic E-state index is 12.2. The molecule has 1 aromatic carbocycles. The first-order valence-electron chi connectivity index (χ1n) is 8.81. The fraction of sp³-hybridized carbons (Fsp3) is 0.333. The number of carbonyl (C=O) groups excluding carboxylic acids is 1. The second-order valence-corrected chi connectivity index (χ2v) is 7.01. The lowest BCUT2D eigenvalue weighted by molar-refractivity contribution is -0.124. The van der Waals surface area contributed by atoms with Gasteiger partial charge in [0.05, 0.1) is 12.0 Å². The second kappa shape index (κ2) is 8.36. The molecule has 1 amide bonds. The molecule has 0 radical (unpaired) electrons. The van der Waals surface area contributed by atoms with Crippen LogP contribution in [0.5, 0.6) is 5.88 Å². The van der Waals surface area contributed by atoms with Gasteiger partial charge in [0.25, 0.3) is 5.91 Å². The molecule has 1 saturated heterocycles. The number of amides is 1. The summed E-state index contributed by atoms with van der Waals surface area (Å²) in [6.07, 6.45) is 1.32. The van der Waals surface area contributed by atoms with Crippen molar-refractivity contribution in [1.29, 1.82) is 0 Å². The molecule has 9 nitrogen and oxygen atoms in total. The van der Waals surface area contributed by atoms with E-state index in [1.54, 1.807) is 13.2 Å². The number of nitrogens with one attached hydrogen (secondary N) is 2. The van der Waals surface area contributed by atoms with Gasteiger partial charge in [0.1, 0.15) is 6.10 Å². The van der Waals surface area contributed by atoms with Crippen LogP contribution in [0.15, 0.2) is 34.9 Å². The van der Waals surface area contributed by atoms with Crippen molar-refractivity contribution in [1.82, 2.24) is 14.5 Å². The van der Waals surface area contributed by atoms with E-state index in [0.29, 0.717) is 30.9 Å². The van der Waals surface area contributed by atoms with Crippen LogP contribution >= 0.6 is 11.5 Å². The Hall–Kier alpha value is -2.98. The van der Waals surface area contributed by atoms with Crippen molar-refractivity contribution >= 4 is 29.1 Å². The Kier molecular flexibility index (Phi) is 5.49. The van der Waals surface area contributed by atoms with Crippen LogP contribution in [-0.2, 0) is 16.1 Å². The molecule has 28 heavy (non-hydrogen) atoms. The van der Waals surface area contributed by atoms with E-state index >= 15 is 0 Å². The molecule has 2 N–H and O–H groups in total. The number of hydrogen-bond donors (Lipinski definition) is 2. The first-order chi connectivity index (χ1) is 13.7. The van der Waals surface area contributed by atoms with E-state index in [1.807, 2.05) is 24.3 Å². The largest absolute Gasteiger partial charge is 0.480 e. The van der Waals surface area contributed by atoms with Crippen LogP contribution in [0.25, 0.3) is 10.7 Å². The van der Waals surface area contributed by atoms with Crippen molar-refractivity contribution in [2.45, 2.75) is 25.5 Å². The lowest BCUT2D eigenvalue weighted by Gasteiger charge is -2.11. The standard InChI is InChI=1S/C18H19N5O4S/c1-25-15-9-14(28-23-15)16-21-18(27-22-16)19-10-11-4-2-5-12(8-11)20-17(24)13-6-3-7-26-13/h2,4-5,8-9,13H,3,6-7,10H2,1H3,(H,20,24)(H,19,21,22). The molecule has 1 atom stereocenters. The smallest absolute Gasteiger partial charge is 0.322 e. The highest BCUT2D eigenvalue weighted by molar-refractivity contribution is 7.09. The van der Waals surface area contributed by atoms with Gasteiger partial charge in [-0.05, 0) is 42.1 Å². The molecule has 0 bridgehead atoms. The number of hydrogen-bond acceptors (Lipinski definition) is 9. The fourth-order valence-electron chi connectivity index (χ4n) is 2.80. The molecular formula is C18H19N5O4S. The molecule has 0 aliphatic carbocycles. The van der Waals surface area contributed by atoms with Crippen molar-refractivity contribution in [2.75, 3.05) is 24.4 Å². The van der Waals surface area contributed by atoms with Crippen LogP contribution < -0.4 is 15.4 Å². The minimum absolute atomic E-state index is 0.107. The lowest BCUT2D eigenvalue weighted by atomic mass is 10.2. The Balaban J connectivity index is 1.35. The van der Waals surface area contributed by atoms with Gasteiger partial charge in [-0.1, -0.05) is 17.3 Å². The SMILES string of the molecule is COc1cc(-c2noc(NCc3cccc(NC(=O)C4CCCO4)c3)n2)sn1. The first kappa shape index (κ1) is 18.4. The highest BCUT2D eigenvalue weighted by atomic mass is 32.1. The average Bonchev–Trinajstić information content (AvgIpc) is 3.48. The fourth-order valence-corrected chi connectivity index (χ4v) is 3.43. The van der Waals surface area contributed by atoms with Gasteiger partial charge in [-0.15, -0.1) is 0 Å². The van der Waals surface area contributed by atoms with Crippen LogP contribution in [0.4, 0.5) is 11.7 Å². The van der Waals surface area contributed by atoms with E-state index in [9.17, 15) is 4.79 Å². The third kappa shape index (κ3) is 4.29. The van der Waals surface area contributed by atoms with Crippen molar-refractivity contribution in [3.63, 3.8) is 0 Å². The Bertz CT molecular complexity index is 951. The van der Waals surface area contributed by atoms with Crippen molar-refractivity contribution in [3.8, 4) is 16.6 Å². The molecule has 0 spiro atoms. The summed E-state index contributed by atoms with van der Waals surface area (Å²) < 4.78 is 19.8. The molecule has 1 fully saturated rings. The van der Waals surface area contributed by atoms with Gasteiger partial charge in [-0.3, -0.25) is 4.79 Å². The normalized spacial score (nSPS) is 16.1. The molecule has 3 aromatic rings. The summed E-state index contributed by atoms with van der Waals surface area (Å²) in [6, 6.07) is 9.62. The molecule has 4 rings (SSSR count). The number of rotatable bonds is 7. The number of ether oxygens (including phenoxy) is 2. The molecule has 2 aromatic heterocycles. The Morgan fingerprint density at radius 2 is 2.32 bits per heavy atom. The molecule has 1 aliphatic rings. The average molecular weight is 401 g/mol. The van der Waals surface area contributed by atoms with Gasteiger partial charge in [-0.25, -0.2) is 0 Å². The van der Waals surface area contributed by atoms with Crippen LogP contribution in [0.2, 0.25) is 0 Å². The Labute approximate surface area is 165 Å². The summed E-state index contributed by atoms with van der Waals surface area (Å²) in [5.74, 6) is 0.853. The zero-order valence-corrected chi connectivity index (χ0v) is 16.0. The third-order valence-corrected chi connectivity index (χ3v) is 4.97. The zero-order chi connectivity index (χ0) is 19.3. The molecule has 0 saturated carbocycles. The number of carbonyl (C=O) groups is 1. The highest BCUT2D eigenvalue weighted by Crippen LogP contribution is 2.26. The van der Waals surface area contributed by atoms with Crippen molar-refractivity contribution < 1.29 is 18.8 Å². The summed E-state index contributed by atoms with van der Waals surface area (Å²) in [6.45, 7) is 1.11. The molecule has 1 unspecified atom stereocenters. The summed E-state index contributed by atoms with van der Waals surface area (Å²) in [7, 11) is 1.55. The number of nitrogens with zero attached hydrogens (tertiary/aromatic N) is 3. The maximum Gasteiger partial charge on any atom is 0.322 e. The van der Waals surface area contributed by atoms with Gasteiger partial charge in [0.2, 0.25) is 11.7 Å².